The van der Waals surface area contributed by atoms with Crippen molar-refractivity contribution >= 4 is 38.9 Å². The van der Waals surface area contributed by atoms with Crippen LogP contribution in [0.3, 0.4) is 0 Å². The third kappa shape index (κ3) is 4.18. The molecule has 0 aliphatic heterocycles. The molecule has 0 spiro atoms. The lowest BCUT2D eigenvalue weighted by Crippen LogP contribution is -2.27. The van der Waals surface area contributed by atoms with E-state index < -0.39 is 15.9 Å². The lowest BCUT2D eigenvalue weighted by atomic mass is 10.2. The second-order valence-corrected chi connectivity index (χ2v) is 8.65. The van der Waals surface area contributed by atoms with Crippen molar-refractivity contribution in [1.29, 1.82) is 0 Å². The fraction of sp³-hybridized carbons (Fsp3) is 0.0952. The molecule has 0 fully saturated rings. The average molecular weight is 415 g/mol. The van der Waals surface area contributed by atoms with Crippen molar-refractivity contribution in [3.8, 4) is 0 Å². The number of hydrogen-bond acceptors (Lipinski definition) is 3. The van der Waals surface area contributed by atoms with Gasteiger partial charge >= 0.3 is 0 Å². The van der Waals surface area contributed by atoms with Gasteiger partial charge in [0.15, 0.2) is 0 Å². The molecule has 7 heteroatoms. The minimum absolute atomic E-state index is 0.0308. The summed E-state index contributed by atoms with van der Waals surface area (Å²) in [6, 6.07) is 19.9. The summed E-state index contributed by atoms with van der Waals surface area (Å²) in [5.74, 6) is -0.441. The maximum atomic E-state index is 13.0. The highest BCUT2D eigenvalue weighted by Gasteiger charge is 2.22. The molecule has 0 aromatic heterocycles. The minimum Gasteiger partial charge on any atom is -0.321 e. The number of anilines is 2. The molecule has 0 radical (unpaired) electrons. The van der Waals surface area contributed by atoms with Crippen LogP contribution in [0.25, 0.3) is 0 Å². The summed E-state index contributed by atoms with van der Waals surface area (Å²) in [6.45, 7) is 1.89. The van der Waals surface area contributed by atoms with Crippen LogP contribution in [0, 0.1) is 6.92 Å². The number of aryl methyl sites for hydroxylation is 1. The van der Waals surface area contributed by atoms with Gasteiger partial charge in [0.05, 0.1) is 21.3 Å². The molecule has 28 heavy (non-hydrogen) atoms. The van der Waals surface area contributed by atoms with Gasteiger partial charge in [-0.25, -0.2) is 8.42 Å². The summed E-state index contributed by atoms with van der Waals surface area (Å²) in [4.78, 5) is 12.6. The number of hydrogen-bond donors (Lipinski definition) is 1. The van der Waals surface area contributed by atoms with E-state index in [0.717, 1.165) is 5.56 Å². The molecule has 3 rings (SSSR count). The van der Waals surface area contributed by atoms with E-state index in [9.17, 15) is 13.2 Å². The first-order chi connectivity index (χ1) is 13.3. The second kappa shape index (κ2) is 8.04. The summed E-state index contributed by atoms with van der Waals surface area (Å²) < 4.78 is 27.2. The Kier molecular flexibility index (Phi) is 5.72. The maximum Gasteiger partial charge on any atom is 0.264 e. The van der Waals surface area contributed by atoms with Gasteiger partial charge in [-0.1, -0.05) is 41.9 Å². The first-order valence-corrected chi connectivity index (χ1v) is 10.3. The summed E-state index contributed by atoms with van der Waals surface area (Å²) in [5, 5.41) is 3.10. The van der Waals surface area contributed by atoms with Gasteiger partial charge < -0.3 is 5.32 Å². The fourth-order valence-corrected chi connectivity index (χ4v) is 4.09. The van der Waals surface area contributed by atoms with Crippen LogP contribution >= 0.6 is 11.6 Å². The summed E-state index contributed by atoms with van der Waals surface area (Å²) in [7, 11) is -2.33. The largest absolute Gasteiger partial charge is 0.321 e. The topological polar surface area (TPSA) is 66.5 Å². The quantitative estimate of drug-likeness (QED) is 0.656. The van der Waals surface area contributed by atoms with Crippen LogP contribution in [0.15, 0.2) is 77.7 Å². The molecular weight excluding hydrogens is 396 g/mol. The van der Waals surface area contributed by atoms with Crippen molar-refractivity contribution < 1.29 is 13.2 Å². The Labute approximate surface area is 169 Å². The van der Waals surface area contributed by atoms with E-state index >= 15 is 0 Å². The average Bonchev–Trinajstić information content (AvgIpc) is 2.69. The zero-order valence-corrected chi connectivity index (χ0v) is 17.0. The molecule has 1 N–H and O–H groups in total. The number of halogens is 1. The molecule has 144 valence electrons. The Hall–Kier alpha value is -2.83. The van der Waals surface area contributed by atoms with E-state index in [2.05, 4.69) is 5.32 Å². The molecular formula is C21H19ClN2O3S. The zero-order chi connectivity index (χ0) is 20.3. The molecule has 0 bridgehead atoms. The van der Waals surface area contributed by atoms with Gasteiger partial charge in [-0.15, -0.1) is 0 Å². The molecule has 1 amide bonds. The first kappa shape index (κ1) is 19.9. The highest BCUT2D eigenvalue weighted by molar-refractivity contribution is 7.92. The maximum absolute atomic E-state index is 13.0. The molecule has 3 aromatic carbocycles. The predicted octanol–water partition coefficient (Wildman–Crippen LogP) is 4.73. The van der Waals surface area contributed by atoms with Crippen molar-refractivity contribution in [2.24, 2.45) is 0 Å². The molecule has 0 saturated heterocycles. The van der Waals surface area contributed by atoms with Crippen molar-refractivity contribution in [3.63, 3.8) is 0 Å². The molecule has 5 nitrogen and oxygen atoms in total. The van der Waals surface area contributed by atoms with E-state index in [1.807, 2.05) is 13.0 Å². The molecule has 0 aliphatic carbocycles. The van der Waals surface area contributed by atoms with Crippen molar-refractivity contribution in [1.82, 2.24) is 0 Å². The van der Waals surface area contributed by atoms with Crippen LogP contribution < -0.4 is 9.62 Å². The first-order valence-electron chi connectivity index (χ1n) is 8.50. The second-order valence-electron chi connectivity index (χ2n) is 6.27. The molecule has 0 heterocycles. The lowest BCUT2D eigenvalue weighted by molar-refractivity contribution is 0.102. The van der Waals surface area contributed by atoms with Crippen LogP contribution in [-0.4, -0.2) is 21.4 Å². The van der Waals surface area contributed by atoms with E-state index in [4.69, 9.17) is 11.6 Å². The summed E-state index contributed by atoms with van der Waals surface area (Å²) >= 11 is 6.06. The van der Waals surface area contributed by atoms with Gasteiger partial charge in [0.2, 0.25) is 0 Å². The van der Waals surface area contributed by atoms with Crippen LogP contribution in [0.1, 0.15) is 15.9 Å². The number of amides is 1. The molecule has 0 saturated carbocycles. The smallest absolute Gasteiger partial charge is 0.264 e. The van der Waals surface area contributed by atoms with Crippen molar-refractivity contribution in [2.45, 2.75) is 11.8 Å². The van der Waals surface area contributed by atoms with Crippen LogP contribution in [0.5, 0.6) is 0 Å². The van der Waals surface area contributed by atoms with E-state index in [0.29, 0.717) is 16.4 Å². The molecule has 3 aromatic rings. The molecule has 0 unspecified atom stereocenters. The van der Waals surface area contributed by atoms with Crippen molar-refractivity contribution in [2.75, 3.05) is 16.7 Å². The van der Waals surface area contributed by atoms with E-state index in [1.165, 1.54) is 23.5 Å². The highest BCUT2D eigenvalue weighted by Crippen LogP contribution is 2.25. The SMILES string of the molecule is Cc1cccc(N(C)S(=O)(=O)c2cccc(C(=O)Nc3ccccc3Cl)c2)c1. The number of carbonyl (C=O) groups excluding carboxylic acids is 1. The van der Waals surface area contributed by atoms with E-state index in [-0.39, 0.29) is 10.5 Å². The Bertz CT molecular complexity index is 1130. The Morgan fingerprint density at radius 1 is 0.964 bits per heavy atom. The Balaban J connectivity index is 1.89. The monoisotopic (exact) mass is 414 g/mol. The van der Waals surface area contributed by atoms with Gasteiger partial charge in [-0.2, -0.15) is 0 Å². The zero-order valence-electron chi connectivity index (χ0n) is 15.4. The number of benzene rings is 3. The normalized spacial score (nSPS) is 11.1. The van der Waals surface area contributed by atoms with Crippen LogP contribution in [0.4, 0.5) is 11.4 Å². The van der Waals surface area contributed by atoms with Gasteiger partial charge in [0.25, 0.3) is 15.9 Å². The van der Waals surface area contributed by atoms with E-state index in [1.54, 1.807) is 54.6 Å². The summed E-state index contributed by atoms with van der Waals surface area (Å²) in [5.41, 5.74) is 2.18. The number of carbonyl (C=O) groups is 1. The van der Waals surface area contributed by atoms with Gasteiger partial charge in [-0.05, 0) is 55.0 Å². The van der Waals surface area contributed by atoms with Crippen LogP contribution in [-0.2, 0) is 10.0 Å². The summed E-state index contributed by atoms with van der Waals surface area (Å²) in [6.07, 6.45) is 0. The number of rotatable bonds is 5. The number of para-hydroxylation sites is 1. The van der Waals surface area contributed by atoms with Gasteiger partial charge in [-0.3, -0.25) is 9.10 Å². The lowest BCUT2D eigenvalue weighted by Gasteiger charge is -2.20. The Morgan fingerprint density at radius 2 is 1.68 bits per heavy atom. The highest BCUT2D eigenvalue weighted by atomic mass is 35.5. The standard InChI is InChI=1S/C21H19ClN2O3S/c1-15-7-5-9-17(13-15)24(2)28(26,27)18-10-6-8-16(14-18)21(25)23-20-12-4-3-11-19(20)22/h3-14H,1-2H3,(H,23,25). The van der Waals surface area contributed by atoms with Crippen molar-refractivity contribution in [3.05, 3.63) is 88.9 Å². The number of nitrogens with one attached hydrogen (secondary N) is 1. The minimum atomic E-state index is -3.82. The van der Waals surface area contributed by atoms with Gasteiger partial charge in [0.1, 0.15) is 0 Å². The third-order valence-corrected chi connectivity index (χ3v) is 6.35. The number of sulfonamides is 1. The molecule has 0 atom stereocenters. The Morgan fingerprint density at radius 3 is 2.39 bits per heavy atom. The molecule has 0 aliphatic rings. The number of nitrogens with zero attached hydrogens (tertiary/aromatic N) is 1. The van der Waals surface area contributed by atoms with Gasteiger partial charge in [0, 0.05) is 12.6 Å². The van der Waals surface area contributed by atoms with Crippen LogP contribution in [0.2, 0.25) is 5.02 Å². The fourth-order valence-electron chi connectivity index (χ4n) is 2.68. The third-order valence-electron chi connectivity index (χ3n) is 4.24. The predicted molar refractivity (Wildman–Crippen MR) is 113 cm³/mol.